The van der Waals surface area contributed by atoms with Crippen molar-refractivity contribution in [2.75, 3.05) is 13.2 Å². The number of carbonyl (C=O) groups excluding carboxylic acids is 1. The molecule has 0 radical (unpaired) electrons. The van der Waals surface area contributed by atoms with Gasteiger partial charge < -0.3 is 20.5 Å². The molecule has 1 atom stereocenters. The second-order valence-electron chi connectivity index (χ2n) is 6.97. The van der Waals surface area contributed by atoms with Crippen LogP contribution in [0.4, 0.5) is 4.79 Å². The summed E-state index contributed by atoms with van der Waals surface area (Å²) in [6, 6.07) is 9.30. The zero-order chi connectivity index (χ0) is 18.8. The lowest BCUT2D eigenvalue weighted by Gasteiger charge is -2.29. The van der Waals surface area contributed by atoms with Crippen LogP contribution in [0.25, 0.3) is 0 Å². The number of nitrogens with one attached hydrogen (secondary N) is 2. The van der Waals surface area contributed by atoms with E-state index < -0.39 is 5.97 Å². The lowest BCUT2D eigenvalue weighted by Crippen LogP contribution is -2.49. The fourth-order valence-electron chi connectivity index (χ4n) is 3.60. The Hall–Kier alpha value is -2.08. The predicted molar refractivity (Wildman–Crippen MR) is 100 cm³/mol. The minimum absolute atomic E-state index is 0.0284. The molecule has 144 valence electrons. The minimum Gasteiger partial charge on any atom is -0.481 e. The Morgan fingerprint density at radius 3 is 2.54 bits per heavy atom. The molecule has 0 aromatic heterocycles. The number of aliphatic carboxylic acids is 1. The highest BCUT2D eigenvalue weighted by Gasteiger charge is 2.34. The number of carboxylic acids is 1. The molecule has 2 rings (SSSR count). The smallest absolute Gasteiger partial charge is 0.315 e. The van der Waals surface area contributed by atoms with E-state index in [0.29, 0.717) is 26.0 Å². The van der Waals surface area contributed by atoms with Crippen LogP contribution in [0.3, 0.4) is 0 Å². The topological polar surface area (TPSA) is 87.7 Å². The molecule has 0 heterocycles. The largest absolute Gasteiger partial charge is 0.481 e. The van der Waals surface area contributed by atoms with E-state index >= 15 is 0 Å². The van der Waals surface area contributed by atoms with Crippen molar-refractivity contribution in [3.05, 3.63) is 35.9 Å². The highest BCUT2D eigenvalue weighted by atomic mass is 16.5. The van der Waals surface area contributed by atoms with Crippen LogP contribution in [-0.2, 0) is 16.0 Å². The van der Waals surface area contributed by atoms with Gasteiger partial charge in [0.1, 0.15) is 0 Å². The molecule has 1 aromatic rings. The van der Waals surface area contributed by atoms with Gasteiger partial charge in [-0.2, -0.15) is 0 Å². The molecule has 6 nitrogen and oxygen atoms in total. The van der Waals surface area contributed by atoms with Gasteiger partial charge in [-0.1, -0.05) is 43.2 Å². The summed E-state index contributed by atoms with van der Waals surface area (Å²) in [4.78, 5) is 23.3. The Morgan fingerprint density at radius 2 is 1.92 bits per heavy atom. The molecular formula is C20H30N2O4. The summed E-state index contributed by atoms with van der Waals surface area (Å²) in [5.74, 6) is -0.855. The van der Waals surface area contributed by atoms with Crippen LogP contribution in [0.15, 0.2) is 30.3 Å². The third kappa shape index (κ3) is 6.67. The summed E-state index contributed by atoms with van der Waals surface area (Å²) in [5.41, 5.74) is 0.826. The number of carbonyl (C=O) groups is 2. The summed E-state index contributed by atoms with van der Waals surface area (Å²) in [6.45, 7) is 3.10. The van der Waals surface area contributed by atoms with Crippen molar-refractivity contribution < 1.29 is 19.4 Å². The molecular weight excluding hydrogens is 332 g/mol. The Morgan fingerprint density at radius 1 is 1.23 bits per heavy atom. The highest BCUT2D eigenvalue weighted by Crippen LogP contribution is 2.32. The van der Waals surface area contributed by atoms with Gasteiger partial charge in [0.05, 0.1) is 5.60 Å². The van der Waals surface area contributed by atoms with E-state index in [2.05, 4.69) is 10.6 Å². The number of amides is 2. The van der Waals surface area contributed by atoms with Gasteiger partial charge in [0, 0.05) is 25.6 Å². The fourth-order valence-corrected chi connectivity index (χ4v) is 3.60. The van der Waals surface area contributed by atoms with Crippen LogP contribution >= 0.6 is 0 Å². The SMILES string of the molecule is CCOC1(CNC(=O)NC(CCC(=O)O)Cc2ccccc2)CCCC1. The molecule has 0 spiro atoms. The average Bonchev–Trinajstić information content (AvgIpc) is 3.08. The molecule has 26 heavy (non-hydrogen) atoms. The second-order valence-corrected chi connectivity index (χ2v) is 6.97. The first-order valence-corrected chi connectivity index (χ1v) is 9.47. The average molecular weight is 362 g/mol. The number of urea groups is 1. The van der Waals surface area contributed by atoms with Crippen molar-refractivity contribution in [2.45, 2.75) is 63.5 Å². The zero-order valence-electron chi connectivity index (χ0n) is 15.5. The standard InChI is InChI=1S/C20H30N2O4/c1-2-26-20(12-6-7-13-20)15-21-19(25)22-17(10-11-18(23)24)14-16-8-4-3-5-9-16/h3-5,8-9,17H,2,6-7,10-15H2,1H3,(H,23,24)(H2,21,22,25). The van der Waals surface area contributed by atoms with E-state index in [4.69, 9.17) is 9.84 Å². The van der Waals surface area contributed by atoms with Gasteiger partial charge in [0.25, 0.3) is 0 Å². The Labute approximate surface area is 155 Å². The molecule has 1 aliphatic rings. The number of carboxylic acid groups (broad SMARTS) is 1. The molecule has 1 fully saturated rings. The molecule has 0 aliphatic heterocycles. The second kappa shape index (κ2) is 10.2. The van der Waals surface area contributed by atoms with Gasteiger partial charge >= 0.3 is 12.0 Å². The van der Waals surface area contributed by atoms with Gasteiger partial charge in [0.2, 0.25) is 0 Å². The van der Waals surface area contributed by atoms with Gasteiger partial charge in [0.15, 0.2) is 0 Å². The maximum atomic E-state index is 12.4. The van der Waals surface area contributed by atoms with Crippen molar-refractivity contribution in [3.8, 4) is 0 Å². The van der Waals surface area contributed by atoms with Crippen LogP contribution in [-0.4, -0.2) is 41.9 Å². The molecule has 6 heteroatoms. The summed E-state index contributed by atoms with van der Waals surface area (Å²) in [6.07, 6.45) is 5.21. The Balaban J connectivity index is 1.88. The lowest BCUT2D eigenvalue weighted by molar-refractivity contribution is -0.137. The van der Waals surface area contributed by atoms with Crippen molar-refractivity contribution in [3.63, 3.8) is 0 Å². The van der Waals surface area contributed by atoms with Crippen molar-refractivity contribution >= 4 is 12.0 Å². The van der Waals surface area contributed by atoms with E-state index in [1.165, 1.54) is 0 Å². The fraction of sp³-hybridized carbons (Fsp3) is 0.600. The molecule has 1 unspecified atom stereocenters. The maximum absolute atomic E-state index is 12.4. The lowest BCUT2D eigenvalue weighted by atomic mass is 10.0. The van der Waals surface area contributed by atoms with Crippen LogP contribution in [0, 0.1) is 0 Å². The zero-order valence-corrected chi connectivity index (χ0v) is 15.5. The van der Waals surface area contributed by atoms with Crippen LogP contribution in [0.1, 0.15) is 51.0 Å². The quantitative estimate of drug-likeness (QED) is 0.597. The molecule has 2 amide bonds. The summed E-state index contributed by atoms with van der Waals surface area (Å²) < 4.78 is 5.90. The van der Waals surface area contributed by atoms with E-state index in [1.807, 2.05) is 37.3 Å². The van der Waals surface area contributed by atoms with E-state index in [0.717, 1.165) is 31.2 Å². The Kier molecular flexibility index (Phi) is 7.91. The number of ether oxygens (including phenoxy) is 1. The molecule has 0 bridgehead atoms. The van der Waals surface area contributed by atoms with Gasteiger partial charge in [-0.3, -0.25) is 4.79 Å². The highest BCUT2D eigenvalue weighted by molar-refractivity contribution is 5.74. The normalized spacial score (nSPS) is 16.8. The predicted octanol–water partition coefficient (Wildman–Crippen LogP) is 3.11. The summed E-state index contributed by atoms with van der Waals surface area (Å²) in [7, 11) is 0. The van der Waals surface area contributed by atoms with Gasteiger partial charge in [-0.15, -0.1) is 0 Å². The van der Waals surface area contributed by atoms with E-state index in [1.54, 1.807) is 0 Å². The van der Waals surface area contributed by atoms with Crippen LogP contribution in [0.5, 0.6) is 0 Å². The van der Waals surface area contributed by atoms with Gasteiger partial charge in [-0.25, -0.2) is 4.79 Å². The first kappa shape index (κ1) is 20.2. The maximum Gasteiger partial charge on any atom is 0.315 e. The Bertz CT molecular complexity index is 570. The first-order valence-electron chi connectivity index (χ1n) is 9.47. The monoisotopic (exact) mass is 362 g/mol. The van der Waals surface area contributed by atoms with Crippen LogP contribution in [0.2, 0.25) is 0 Å². The minimum atomic E-state index is -0.855. The molecule has 1 aromatic carbocycles. The van der Waals surface area contributed by atoms with E-state index in [9.17, 15) is 9.59 Å². The van der Waals surface area contributed by atoms with Crippen LogP contribution < -0.4 is 10.6 Å². The third-order valence-electron chi connectivity index (χ3n) is 4.90. The molecule has 0 saturated heterocycles. The van der Waals surface area contributed by atoms with Crippen molar-refractivity contribution in [1.82, 2.24) is 10.6 Å². The summed E-state index contributed by atoms with van der Waals surface area (Å²) >= 11 is 0. The molecule has 1 aliphatic carbocycles. The third-order valence-corrected chi connectivity index (χ3v) is 4.90. The van der Waals surface area contributed by atoms with Gasteiger partial charge in [-0.05, 0) is 38.2 Å². The first-order chi connectivity index (χ1) is 12.5. The molecule has 1 saturated carbocycles. The van der Waals surface area contributed by atoms with Crippen molar-refractivity contribution in [1.29, 1.82) is 0 Å². The number of benzene rings is 1. The number of hydrogen-bond donors (Lipinski definition) is 3. The summed E-state index contributed by atoms with van der Waals surface area (Å²) in [5, 5.41) is 14.8. The molecule has 3 N–H and O–H groups in total. The van der Waals surface area contributed by atoms with Crippen molar-refractivity contribution in [2.24, 2.45) is 0 Å². The van der Waals surface area contributed by atoms with E-state index in [-0.39, 0.29) is 24.1 Å². The number of rotatable bonds is 10. The number of hydrogen-bond acceptors (Lipinski definition) is 3.